The van der Waals surface area contributed by atoms with Crippen LogP contribution in [-0.4, -0.2) is 63.9 Å². The van der Waals surface area contributed by atoms with Gasteiger partial charge in [0.25, 0.3) is 5.16 Å². The monoisotopic (exact) mass is 452 g/mol. The molecule has 10 nitrogen and oxygen atoms in total. The molecule has 1 aromatic heterocycles. The fraction of sp³-hybridized carbons (Fsp3) is 0.600. The van der Waals surface area contributed by atoms with Gasteiger partial charge in [-0.2, -0.15) is 4.68 Å². The van der Waals surface area contributed by atoms with Crippen molar-refractivity contribution >= 4 is 15.8 Å². The molecule has 0 bridgehead atoms. The van der Waals surface area contributed by atoms with Crippen LogP contribution in [0.15, 0.2) is 35.5 Å². The van der Waals surface area contributed by atoms with Crippen LogP contribution in [0.1, 0.15) is 47.5 Å². The maximum atomic E-state index is 13.1. The van der Waals surface area contributed by atoms with E-state index in [1.165, 1.54) is 4.68 Å². The number of ether oxygens (including phenoxy) is 3. The lowest BCUT2D eigenvalue weighted by molar-refractivity contribution is -0.295. The molecule has 2 atom stereocenters. The molecule has 0 radical (unpaired) electrons. The number of hydrogen-bond donors (Lipinski definition) is 0. The van der Waals surface area contributed by atoms with Crippen molar-refractivity contribution in [3.05, 3.63) is 30.3 Å². The Morgan fingerprint density at radius 3 is 2.48 bits per heavy atom. The Morgan fingerprint density at radius 1 is 1.19 bits per heavy atom. The van der Waals surface area contributed by atoms with Crippen molar-refractivity contribution in [3.63, 3.8) is 0 Å². The third kappa shape index (κ3) is 6.31. The minimum absolute atomic E-state index is 0.00234. The summed E-state index contributed by atoms with van der Waals surface area (Å²) in [6.45, 7) is 8.72. The summed E-state index contributed by atoms with van der Waals surface area (Å²) < 4.78 is 44.4. The van der Waals surface area contributed by atoms with Gasteiger partial charge >= 0.3 is 5.97 Å². The molecule has 0 spiro atoms. The average Bonchev–Trinajstić information content (AvgIpc) is 3.09. The van der Waals surface area contributed by atoms with Gasteiger partial charge in [0.15, 0.2) is 5.79 Å². The van der Waals surface area contributed by atoms with Crippen molar-refractivity contribution in [2.75, 3.05) is 5.75 Å². The highest BCUT2D eigenvalue weighted by molar-refractivity contribution is 7.91. The summed E-state index contributed by atoms with van der Waals surface area (Å²) >= 11 is 0. The highest BCUT2D eigenvalue weighted by Gasteiger charge is 2.40. The number of sulfone groups is 1. The summed E-state index contributed by atoms with van der Waals surface area (Å²) in [6, 6.07) is 8.75. The summed E-state index contributed by atoms with van der Waals surface area (Å²) in [4.78, 5) is 12.2. The topological polar surface area (TPSA) is 123 Å². The second kappa shape index (κ2) is 8.64. The van der Waals surface area contributed by atoms with Crippen molar-refractivity contribution in [2.24, 2.45) is 0 Å². The molecule has 2 aromatic rings. The standard InChI is InChI=1S/C20H28N4O6S/c1-19(2,3)30-17(25)12-15-11-16(29-20(4,5)28-15)13-31(26,27)18-21-22-23-24(18)14-9-7-6-8-10-14/h6-10,15-16H,11-13H2,1-5H3/t15-,16?/m1/s1. The van der Waals surface area contributed by atoms with Gasteiger partial charge in [-0.05, 0) is 57.2 Å². The molecule has 31 heavy (non-hydrogen) atoms. The maximum Gasteiger partial charge on any atom is 0.308 e. The van der Waals surface area contributed by atoms with Crippen molar-refractivity contribution in [1.29, 1.82) is 0 Å². The average molecular weight is 453 g/mol. The van der Waals surface area contributed by atoms with Gasteiger partial charge in [0, 0.05) is 6.42 Å². The van der Waals surface area contributed by atoms with Crippen LogP contribution < -0.4 is 0 Å². The molecule has 11 heteroatoms. The number of benzene rings is 1. The first-order valence-electron chi connectivity index (χ1n) is 9.99. The number of carbonyl (C=O) groups excluding carboxylic acids is 1. The Balaban J connectivity index is 1.75. The number of carbonyl (C=O) groups is 1. The number of nitrogens with zero attached hydrogens (tertiary/aromatic N) is 4. The number of tetrazole rings is 1. The highest BCUT2D eigenvalue weighted by Crippen LogP contribution is 2.30. The van der Waals surface area contributed by atoms with Gasteiger partial charge in [-0.25, -0.2) is 8.42 Å². The zero-order valence-corrected chi connectivity index (χ0v) is 19.1. The van der Waals surface area contributed by atoms with E-state index in [1.807, 2.05) is 6.07 Å². The largest absolute Gasteiger partial charge is 0.460 e. The number of esters is 1. The number of hydrogen-bond acceptors (Lipinski definition) is 9. The molecule has 0 N–H and O–H groups in total. The molecule has 170 valence electrons. The van der Waals surface area contributed by atoms with Crippen molar-refractivity contribution < 1.29 is 27.4 Å². The molecular formula is C20H28N4O6S. The van der Waals surface area contributed by atoms with Gasteiger partial charge in [0.2, 0.25) is 9.84 Å². The zero-order chi connectivity index (χ0) is 22.9. The lowest BCUT2D eigenvalue weighted by atomic mass is 10.1. The predicted octanol–water partition coefficient (Wildman–Crippen LogP) is 2.08. The summed E-state index contributed by atoms with van der Waals surface area (Å²) in [7, 11) is -3.90. The van der Waals surface area contributed by atoms with E-state index < -0.39 is 39.4 Å². The fourth-order valence-electron chi connectivity index (χ4n) is 3.44. The van der Waals surface area contributed by atoms with Crippen molar-refractivity contribution in [1.82, 2.24) is 20.2 Å². The molecule has 1 fully saturated rings. The molecule has 2 heterocycles. The first-order chi connectivity index (χ1) is 14.3. The van der Waals surface area contributed by atoms with E-state index in [0.29, 0.717) is 5.69 Å². The molecule has 3 rings (SSSR count). The Kier molecular flexibility index (Phi) is 6.49. The molecule has 1 saturated heterocycles. The molecular weight excluding hydrogens is 424 g/mol. The van der Waals surface area contributed by atoms with Gasteiger partial charge in [-0.15, -0.1) is 0 Å². The van der Waals surface area contributed by atoms with Crippen LogP contribution in [0, 0.1) is 0 Å². The van der Waals surface area contributed by atoms with Crippen LogP contribution in [0.3, 0.4) is 0 Å². The lowest BCUT2D eigenvalue weighted by Crippen LogP contribution is -2.47. The SMILES string of the molecule is CC(C)(C)OC(=O)C[C@H]1CC(CS(=O)(=O)c2nnnn2-c2ccccc2)OC(C)(C)O1. The van der Waals surface area contributed by atoms with Crippen LogP contribution in [-0.2, 0) is 28.8 Å². The maximum absolute atomic E-state index is 13.1. The Morgan fingerprint density at radius 2 is 1.84 bits per heavy atom. The van der Waals surface area contributed by atoms with Crippen LogP contribution in [0.5, 0.6) is 0 Å². The summed E-state index contributed by atoms with van der Waals surface area (Å²) in [5, 5.41) is 10.8. The third-order valence-electron chi connectivity index (χ3n) is 4.37. The van der Waals surface area contributed by atoms with Crippen LogP contribution in [0.4, 0.5) is 0 Å². The summed E-state index contributed by atoms with van der Waals surface area (Å²) in [5.41, 5.74) is -0.0863. The van der Waals surface area contributed by atoms with Gasteiger partial charge < -0.3 is 14.2 Å². The summed E-state index contributed by atoms with van der Waals surface area (Å²) in [5.74, 6) is -1.82. The van der Waals surface area contributed by atoms with Crippen LogP contribution in [0.25, 0.3) is 5.69 Å². The van der Waals surface area contributed by atoms with Gasteiger partial charge in [0.05, 0.1) is 30.1 Å². The number of para-hydroxylation sites is 1. The third-order valence-corrected chi connectivity index (χ3v) is 5.99. The minimum atomic E-state index is -3.90. The minimum Gasteiger partial charge on any atom is -0.460 e. The number of aromatic nitrogens is 4. The molecule has 1 aromatic carbocycles. The second-order valence-corrected chi connectivity index (χ2v) is 10.8. The van der Waals surface area contributed by atoms with E-state index in [-0.39, 0.29) is 23.8 Å². The van der Waals surface area contributed by atoms with E-state index in [0.717, 1.165) is 0 Å². The fourth-order valence-corrected chi connectivity index (χ4v) is 4.85. The molecule has 0 amide bonds. The predicted molar refractivity (Wildman–Crippen MR) is 110 cm³/mol. The lowest BCUT2D eigenvalue weighted by Gasteiger charge is -2.40. The first-order valence-corrected chi connectivity index (χ1v) is 11.6. The molecule has 1 unspecified atom stereocenters. The quantitative estimate of drug-likeness (QED) is 0.606. The normalized spacial score (nSPS) is 21.6. The first kappa shape index (κ1) is 23.3. The smallest absolute Gasteiger partial charge is 0.308 e. The van der Waals surface area contributed by atoms with Crippen LogP contribution in [0.2, 0.25) is 0 Å². The molecule has 0 saturated carbocycles. The molecule has 1 aliphatic heterocycles. The molecule has 1 aliphatic rings. The van der Waals surface area contributed by atoms with E-state index in [4.69, 9.17) is 14.2 Å². The van der Waals surface area contributed by atoms with E-state index in [2.05, 4.69) is 15.5 Å². The van der Waals surface area contributed by atoms with Crippen molar-refractivity contribution in [2.45, 2.75) is 76.2 Å². The van der Waals surface area contributed by atoms with Crippen molar-refractivity contribution in [3.8, 4) is 5.69 Å². The Bertz CT molecular complexity index is 1010. The van der Waals surface area contributed by atoms with E-state index >= 15 is 0 Å². The second-order valence-electron chi connectivity index (χ2n) is 8.90. The van der Waals surface area contributed by atoms with Gasteiger partial charge in [-0.1, -0.05) is 23.3 Å². The number of rotatable bonds is 6. The Labute approximate surface area is 181 Å². The van der Waals surface area contributed by atoms with Gasteiger partial charge in [0.1, 0.15) is 5.60 Å². The Hall–Kier alpha value is -2.37. The van der Waals surface area contributed by atoms with Crippen LogP contribution >= 0.6 is 0 Å². The zero-order valence-electron chi connectivity index (χ0n) is 18.3. The van der Waals surface area contributed by atoms with Gasteiger partial charge in [-0.3, -0.25) is 4.79 Å². The van der Waals surface area contributed by atoms with E-state index in [1.54, 1.807) is 58.9 Å². The molecule has 0 aliphatic carbocycles. The van der Waals surface area contributed by atoms with E-state index in [9.17, 15) is 13.2 Å². The highest BCUT2D eigenvalue weighted by atomic mass is 32.2. The summed E-state index contributed by atoms with van der Waals surface area (Å²) in [6.07, 6.45) is -1.03.